The molecular weight excluding hydrogens is 302 g/mol. The van der Waals surface area contributed by atoms with Gasteiger partial charge in [-0.15, -0.1) is 0 Å². The predicted octanol–water partition coefficient (Wildman–Crippen LogP) is 2.85. The van der Waals surface area contributed by atoms with Crippen LogP contribution in [0.2, 0.25) is 0 Å². The minimum Gasteiger partial charge on any atom is -0.497 e. The van der Waals surface area contributed by atoms with Crippen LogP contribution in [-0.2, 0) is 6.42 Å². The Morgan fingerprint density at radius 1 is 1.17 bits per heavy atom. The number of rotatable bonds is 6. The fourth-order valence-electron chi connectivity index (χ4n) is 2.42. The predicted molar refractivity (Wildman–Crippen MR) is 92.6 cm³/mol. The van der Waals surface area contributed by atoms with E-state index in [9.17, 15) is 4.79 Å². The van der Waals surface area contributed by atoms with E-state index in [0.29, 0.717) is 17.9 Å². The second kappa shape index (κ2) is 7.46. The maximum atomic E-state index is 12.1. The average Bonchev–Trinajstić information content (AvgIpc) is 3.17. The first-order valence-corrected chi connectivity index (χ1v) is 7.77. The van der Waals surface area contributed by atoms with E-state index in [0.717, 1.165) is 17.7 Å². The number of methoxy groups -OCH3 is 1. The van der Waals surface area contributed by atoms with Gasteiger partial charge in [-0.3, -0.25) is 4.79 Å². The van der Waals surface area contributed by atoms with E-state index in [-0.39, 0.29) is 5.91 Å². The van der Waals surface area contributed by atoms with Gasteiger partial charge in [0.05, 0.1) is 12.8 Å². The lowest BCUT2D eigenvalue weighted by Crippen LogP contribution is -2.25. The highest BCUT2D eigenvalue weighted by Crippen LogP contribution is 2.12. The molecule has 2 aromatic carbocycles. The first-order valence-electron chi connectivity index (χ1n) is 7.77. The zero-order valence-electron chi connectivity index (χ0n) is 13.5. The van der Waals surface area contributed by atoms with Crippen molar-refractivity contribution in [3.8, 4) is 11.4 Å². The molecule has 3 aromatic rings. The van der Waals surface area contributed by atoms with Gasteiger partial charge in [0.2, 0.25) is 0 Å². The molecule has 1 N–H and O–H groups in total. The third-order valence-corrected chi connectivity index (χ3v) is 3.74. The molecule has 0 saturated heterocycles. The second-order valence-electron chi connectivity index (χ2n) is 5.35. The molecule has 0 aliphatic rings. The number of ether oxygens (including phenoxy) is 1. The molecular formula is C19H19N3O2. The molecule has 0 aliphatic heterocycles. The van der Waals surface area contributed by atoms with Gasteiger partial charge in [0, 0.05) is 24.5 Å². The van der Waals surface area contributed by atoms with Gasteiger partial charge in [-0.2, -0.15) is 5.10 Å². The van der Waals surface area contributed by atoms with Crippen LogP contribution in [0.1, 0.15) is 15.9 Å². The molecule has 1 heterocycles. The summed E-state index contributed by atoms with van der Waals surface area (Å²) >= 11 is 0. The third-order valence-electron chi connectivity index (χ3n) is 3.74. The van der Waals surface area contributed by atoms with Gasteiger partial charge in [-0.25, -0.2) is 4.68 Å². The van der Waals surface area contributed by atoms with E-state index in [4.69, 9.17) is 4.74 Å². The van der Waals surface area contributed by atoms with Gasteiger partial charge in [0.1, 0.15) is 5.75 Å². The van der Waals surface area contributed by atoms with E-state index in [1.807, 2.05) is 41.2 Å². The summed E-state index contributed by atoms with van der Waals surface area (Å²) in [6.07, 6.45) is 4.43. The molecule has 3 rings (SSSR count). The lowest BCUT2D eigenvalue weighted by molar-refractivity contribution is 0.0954. The molecule has 0 aliphatic carbocycles. The van der Waals surface area contributed by atoms with Crippen molar-refractivity contribution in [3.05, 3.63) is 78.1 Å². The molecule has 5 heteroatoms. The summed E-state index contributed by atoms with van der Waals surface area (Å²) in [5.74, 6) is 0.582. The summed E-state index contributed by atoms with van der Waals surface area (Å²) in [7, 11) is 1.59. The Hall–Kier alpha value is -3.08. The Morgan fingerprint density at radius 3 is 2.71 bits per heavy atom. The van der Waals surface area contributed by atoms with Crippen molar-refractivity contribution in [2.24, 2.45) is 0 Å². The molecule has 0 atom stereocenters. The summed E-state index contributed by atoms with van der Waals surface area (Å²) in [5, 5.41) is 7.13. The number of aromatic nitrogens is 2. The summed E-state index contributed by atoms with van der Waals surface area (Å²) in [5.41, 5.74) is 2.78. The molecule has 24 heavy (non-hydrogen) atoms. The smallest absolute Gasteiger partial charge is 0.251 e. The van der Waals surface area contributed by atoms with Crippen molar-refractivity contribution < 1.29 is 9.53 Å². The van der Waals surface area contributed by atoms with Crippen LogP contribution in [0.3, 0.4) is 0 Å². The van der Waals surface area contributed by atoms with Crippen molar-refractivity contribution in [1.29, 1.82) is 0 Å². The van der Waals surface area contributed by atoms with Gasteiger partial charge < -0.3 is 10.1 Å². The van der Waals surface area contributed by atoms with Gasteiger partial charge in [-0.1, -0.05) is 18.2 Å². The quantitative estimate of drug-likeness (QED) is 0.759. The van der Waals surface area contributed by atoms with E-state index >= 15 is 0 Å². The van der Waals surface area contributed by atoms with Gasteiger partial charge in [0.15, 0.2) is 0 Å². The van der Waals surface area contributed by atoms with Crippen LogP contribution >= 0.6 is 0 Å². The number of hydrogen-bond acceptors (Lipinski definition) is 3. The van der Waals surface area contributed by atoms with Crippen molar-refractivity contribution >= 4 is 5.91 Å². The largest absolute Gasteiger partial charge is 0.497 e. The Balaban J connectivity index is 1.53. The lowest BCUT2D eigenvalue weighted by atomic mass is 10.1. The maximum absolute atomic E-state index is 12.1. The van der Waals surface area contributed by atoms with Crippen LogP contribution in [-0.4, -0.2) is 29.3 Å². The number of carbonyl (C=O) groups is 1. The summed E-state index contributed by atoms with van der Waals surface area (Å²) in [4.78, 5) is 12.1. The summed E-state index contributed by atoms with van der Waals surface area (Å²) < 4.78 is 6.95. The Morgan fingerprint density at radius 2 is 2.00 bits per heavy atom. The highest BCUT2D eigenvalue weighted by Gasteiger charge is 2.06. The molecule has 122 valence electrons. The first-order chi connectivity index (χ1) is 11.8. The van der Waals surface area contributed by atoms with E-state index < -0.39 is 0 Å². The highest BCUT2D eigenvalue weighted by molar-refractivity contribution is 5.94. The molecule has 1 aromatic heterocycles. The molecule has 0 bridgehead atoms. The maximum Gasteiger partial charge on any atom is 0.251 e. The average molecular weight is 321 g/mol. The number of hydrogen-bond donors (Lipinski definition) is 1. The van der Waals surface area contributed by atoms with Crippen LogP contribution < -0.4 is 10.1 Å². The fourth-order valence-corrected chi connectivity index (χ4v) is 2.42. The normalized spacial score (nSPS) is 10.4. The minimum atomic E-state index is -0.0953. The third kappa shape index (κ3) is 3.81. The molecule has 0 fully saturated rings. The highest BCUT2D eigenvalue weighted by atomic mass is 16.5. The Bertz CT molecular complexity index is 796. The monoisotopic (exact) mass is 321 g/mol. The van der Waals surface area contributed by atoms with Crippen molar-refractivity contribution in [1.82, 2.24) is 15.1 Å². The number of amides is 1. The number of nitrogens with zero attached hydrogens (tertiary/aromatic N) is 2. The molecule has 0 unspecified atom stereocenters. The number of nitrogens with one attached hydrogen (secondary N) is 1. The lowest BCUT2D eigenvalue weighted by Gasteiger charge is -2.07. The van der Waals surface area contributed by atoms with Crippen LogP contribution in [0, 0.1) is 0 Å². The van der Waals surface area contributed by atoms with E-state index in [2.05, 4.69) is 22.5 Å². The number of benzene rings is 2. The van der Waals surface area contributed by atoms with Gasteiger partial charge >= 0.3 is 0 Å². The topological polar surface area (TPSA) is 56.1 Å². The van der Waals surface area contributed by atoms with Crippen LogP contribution in [0.25, 0.3) is 5.69 Å². The van der Waals surface area contributed by atoms with Crippen LogP contribution in [0.4, 0.5) is 0 Å². The molecule has 1 amide bonds. The van der Waals surface area contributed by atoms with E-state index in [1.165, 1.54) is 0 Å². The van der Waals surface area contributed by atoms with Crippen molar-refractivity contribution in [3.63, 3.8) is 0 Å². The standard InChI is InChI=1S/C19H19N3O2/c1-24-18-5-2-4-16(14-18)19(23)20-12-10-15-6-8-17(9-7-15)22-13-3-11-21-22/h2-9,11,13-14H,10,12H2,1H3,(H,20,23). The molecule has 0 saturated carbocycles. The molecule has 5 nitrogen and oxygen atoms in total. The Labute approximate surface area is 140 Å². The van der Waals surface area contributed by atoms with Crippen molar-refractivity contribution in [2.45, 2.75) is 6.42 Å². The number of carbonyl (C=O) groups excluding carboxylic acids is 1. The van der Waals surface area contributed by atoms with Crippen LogP contribution in [0.5, 0.6) is 5.75 Å². The summed E-state index contributed by atoms with van der Waals surface area (Å²) in [6, 6.07) is 17.2. The minimum absolute atomic E-state index is 0.0953. The zero-order valence-corrected chi connectivity index (χ0v) is 13.5. The van der Waals surface area contributed by atoms with Gasteiger partial charge in [0.25, 0.3) is 5.91 Å². The second-order valence-corrected chi connectivity index (χ2v) is 5.35. The van der Waals surface area contributed by atoms with Crippen molar-refractivity contribution in [2.75, 3.05) is 13.7 Å². The van der Waals surface area contributed by atoms with E-state index in [1.54, 1.807) is 25.4 Å². The first kappa shape index (κ1) is 15.8. The SMILES string of the molecule is COc1cccc(C(=O)NCCc2ccc(-n3cccn3)cc2)c1. The molecule has 0 radical (unpaired) electrons. The zero-order chi connectivity index (χ0) is 16.8. The fraction of sp³-hybridized carbons (Fsp3) is 0.158. The Kier molecular flexibility index (Phi) is 4.91. The van der Waals surface area contributed by atoms with Gasteiger partial charge in [-0.05, 0) is 48.4 Å². The molecule has 0 spiro atoms. The summed E-state index contributed by atoms with van der Waals surface area (Å²) in [6.45, 7) is 0.581. The van der Waals surface area contributed by atoms with Crippen LogP contribution in [0.15, 0.2) is 67.0 Å².